The molecule has 184 valence electrons. The fourth-order valence-electron chi connectivity index (χ4n) is 7.04. The van der Waals surface area contributed by atoms with Crippen LogP contribution in [0, 0.1) is 17.8 Å². The summed E-state index contributed by atoms with van der Waals surface area (Å²) in [5, 5.41) is 0.913. The van der Waals surface area contributed by atoms with E-state index < -0.39 is 0 Å². The van der Waals surface area contributed by atoms with E-state index in [-0.39, 0.29) is 41.8 Å². The molecule has 4 fully saturated rings. The summed E-state index contributed by atoms with van der Waals surface area (Å²) in [5.41, 5.74) is 8.28. The van der Waals surface area contributed by atoms with Crippen LogP contribution in [0.5, 0.6) is 0 Å². The number of hydrogen-bond acceptors (Lipinski definition) is 6. The van der Waals surface area contributed by atoms with Gasteiger partial charge in [-0.05, 0) is 61.3 Å². The molecule has 36 heavy (non-hydrogen) atoms. The molecule has 2 N–H and O–H groups in total. The second-order valence-corrected chi connectivity index (χ2v) is 12.4. The molecule has 0 spiro atoms. The van der Waals surface area contributed by atoms with Crippen molar-refractivity contribution < 1.29 is 19.2 Å². The maximum atomic E-state index is 12.4. The normalized spacial score (nSPS) is 36.8. The zero-order valence-electron chi connectivity index (χ0n) is 19.9. The zero-order valence-corrected chi connectivity index (χ0v) is 20.7. The lowest BCUT2D eigenvalue weighted by atomic mass is 9.99. The lowest BCUT2D eigenvalue weighted by Gasteiger charge is -2.27. The van der Waals surface area contributed by atoms with Gasteiger partial charge in [-0.3, -0.25) is 29.0 Å². The molecule has 0 unspecified atom stereocenters. The fraction of sp³-hybridized carbons (Fsp3) is 0.429. The molecule has 0 bridgehead atoms. The van der Waals surface area contributed by atoms with E-state index in [9.17, 15) is 19.2 Å². The minimum absolute atomic E-state index is 0.0662. The monoisotopic (exact) mass is 501 g/mol. The third-order valence-electron chi connectivity index (χ3n) is 8.82. The van der Waals surface area contributed by atoms with Gasteiger partial charge in [0, 0.05) is 22.6 Å². The molecule has 3 aliphatic carbocycles. The first kappa shape index (κ1) is 22.2. The van der Waals surface area contributed by atoms with Gasteiger partial charge in [-0.15, -0.1) is 0 Å². The van der Waals surface area contributed by atoms with Crippen LogP contribution in [-0.4, -0.2) is 62.1 Å². The van der Waals surface area contributed by atoms with E-state index in [1.807, 2.05) is 23.9 Å². The summed E-state index contributed by atoms with van der Waals surface area (Å²) in [7, 11) is 0. The molecule has 3 heterocycles. The molecule has 3 aliphatic heterocycles. The van der Waals surface area contributed by atoms with Gasteiger partial charge >= 0.3 is 0 Å². The number of thioether (sulfide) groups is 1. The first-order valence-electron chi connectivity index (χ1n) is 12.7. The van der Waals surface area contributed by atoms with Crippen LogP contribution in [0.3, 0.4) is 0 Å². The van der Waals surface area contributed by atoms with Crippen LogP contribution in [0.2, 0.25) is 0 Å². The van der Waals surface area contributed by atoms with Crippen molar-refractivity contribution >= 4 is 35.4 Å². The summed E-state index contributed by atoms with van der Waals surface area (Å²) < 4.78 is 0. The Hall–Kier alpha value is -2.97. The SMILES string of the molecule is C[C@H]1C[C@@H]2C[C@@H]2[C@H]1N1C(=O)c2ccccc2C1=O.N[C@H]1C[C@@H]2S[C@@H]2[C@H]1N1C(=O)c2ccccc2C1=O. The third-order valence-corrected chi connectivity index (χ3v) is 10.3. The van der Waals surface area contributed by atoms with Crippen LogP contribution in [-0.2, 0) is 0 Å². The summed E-state index contributed by atoms with van der Waals surface area (Å²) in [6, 6.07) is 14.1. The average Bonchev–Trinajstić information content (AvgIpc) is 3.71. The molecule has 7 nitrogen and oxygen atoms in total. The van der Waals surface area contributed by atoms with Crippen molar-refractivity contribution in [3.05, 3.63) is 70.8 Å². The highest BCUT2D eigenvalue weighted by atomic mass is 32.2. The largest absolute Gasteiger partial charge is 0.326 e. The van der Waals surface area contributed by atoms with Crippen molar-refractivity contribution in [2.24, 2.45) is 23.5 Å². The number of carbonyl (C=O) groups excluding carboxylic acids is 4. The second-order valence-electron chi connectivity index (χ2n) is 10.9. The molecule has 8 rings (SSSR count). The van der Waals surface area contributed by atoms with E-state index in [0.717, 1.165) is 12.3 Å². The molecule has 0 radical (unpaired) electrons. The number of amides is 4. The predicted octanol–water partition coefficient (Wildman–Crippen LogP) is 3.19. The Kier molecular flexibility index (Phi) is 4.80. The number of nitrogens with two attached hydrogens (primary N) is 1. The highest BCUT2D eigenvalue weighted by molar-refractivity contribution is 8.07. The molecule has 1 saturated heterocycles. The molecular formula is C28H27N3O4S. The van der Waals surface area contributed by atoms with Gasteiger partial charge in [0.1, 0.15) is 0 Å². The summed E-state index contributed by atoms with van der Waals surface area (Å²) in [5.74, 6) is 1.26. The van der Waals surface area contributed by atoms with Gasteiger partial charge in [0.15, 0.2) is 0 Å². The number of benzene rings is 2. The van der Waals surface area contributed by atoms with Gasteiger partial charge < -0.3 is 5.73 Å². The van der Waals surface area contributed by atoms with Crippen LogP contribution in [0.1, 0.15) is 67.6 Å². The van der Waals surface area contributed by atoms with Crippen molar-refractivity contribution in [3.8, 4) is 0 Å². The molecule has 4 amide bonds. The maximum Gasteiger partial charge on any atom is 0.261 e. The number of nitrogens with zero attached hydrogens (tertiary/aromatic N) is 2. The molecule has 2 aromatic carbocycles. The van der Waals surface area contributed by atoms with Crippen LogP contribution in [0.4, 0.5) is 0 Å². The highest BCUT2D eigenvalue weighted by Gasteiger charge is 2.59. The number of carbonyl (C=O) groups is 4. The lowest BCUT2D eigenvalue weighted by molar-refractivity contribution is 0.0526. The van der Waals surface area contributed by atoms with Gasteiger partial charge in [0.05, 0.1) is 28.3 Å². The van der Waals surface area contributed by atoms with Gasteiger partial charge in [-0.1, -0.05) is 31.2 Å². The minimum Gasteiger partial charge on any atom is -0.326 e. The van der Waals surface area contributed by atoms with Crippen molar-refractivity contribution in [1.82, 2.24) is 9.80 Å². The molecule has 6 aliphatic rings. The highest BCUT2D eigenvalue weighted by Crippen LogP contribution is 2.57. The molecule has 8 heteroatoms. The van der Waals surface area contributed by atoms with Crippen molar-refractivity contribution in [2.75, 3.05) is 0 Å². The van der Waals surface area contributed by atoms with Crippen LogP contribution in [0.25, 0.3) is 0 Å². The first-order valence-corrected chi connectivity index (χ1v) is 13.7. The average molecular weight is 502 g/mol. The fourth-order valence-corrected chi connectivity index (χ4v) is 8.44. The van der Waals surface area contributed by atoms with E-state index in [1.165, 1.54) is 17.7 Å². The van der Waals surface area contributed by atoms with E-state index in [1.54, 1.807) is 41.3 Å². The van der Waals surface area contributed by atoms with Gasteiger partial charge in [-0.2, -0.15) is 11.8 Å². The Morgan fingerprint density at radius 3 is 1.58 bits per heavy atom. The van der Waals surface area contributed by atoms with Gasteiger partial charge in [0.2, 0.25) is 0 Å². The number of rotatable bonds is 2. The zero-order chi connectivity index (χ0) is 24.9. The summed E-state index contributed by atoms with van der Waals surface area (Å²) in [4.78, 5) is 52.5. The number of imide groups is 2. The van der Waals surface area contributed by atoms with E-state index >= 15 is 0 Å². The Morgan fingerprint density at radius 2 is 1.19 bits per heavy atom. The Bertz CT molecular complexity index is 1170. The van der Waals surface area contributed by atoms with Gasteiger partial charge in [0.25, 0.3) is 23.6 Å². The molecule has 2 aromatic rings. The van der Waals surface area contributed by atoms with E-state index in [0.29, 0.717) is 44.6 Å². The smallest absolute Gasteiger partial charge is 0.261 e. The Morgan fingerprint density at radius 1 is 0.722 bits per heavy atom. The minimum atomic E-state index is -0.177. The van der Waals surface area contributed by atoms with Crippen molar-refractivity contribution in [3.63, 3.8) is 0 Å². The maximum absolute atomic E-state index is 12.4. The lowest BCUT2D eigenvalue weighted by Crippen LogP contribution is -2.50. The van der Waals surface area contributed by atoms with Crippen LogP contribution < -0.4 is 5.73 Å². The second kappa shape index (κ2) is 7.76. The van der Waals surface area contributed by atoms with Crippen LogP contribution >= 0.6 is 11.8 Å². The topological polar surface area (TPSA) is 101 Å². The van der Waals surface area contributed by atoms with Gasteiger partial charge in [-0.25, -0.2) is 0 Å². The van der Waals surface area contributed by atoms with E-state index in [4.69, 9.17) is 5.73 Å². The van der Waals surface area contributed by atoms with Crippen molar-refractivity contribution in [1.29, 1.82) is 0 Å². The molecule has 8 atom stereocenters. The molecule has 3 saturated carbocycles. The Balaban J connectivity index is 0.000000122. The van der Waals surface area contributed by atoms with Crippen LogP contribution in [0.15, 0.2) is 48.5 Å². The summed E-state index contributed by atoms with van der Waals surface area (Å²) >= 11 is 1.83. The molecular weight excluding hydrogens is 474 g/mol. The van der Waals surface area contributed by atoms with Crippen molar-refractivity contribution in [2.45, 2.75) is 54.8 Å². The number of hydrogen-bond donors (Lipinski definition) is 1. The standard InChI is InChI=1S/C15H15NO2.C13H12N2O2S/c1-8-6-9-7-12(9)13(8)16-14(17)10-4-2-3-5-11(10)15(16)18;14-8-5-9-11(18-9)10(8)15-12(16)6-3-1-2-4-7(6)13(15)17/h2-5,8-9,12-13H,6-7H2,1H3;1-4,8-11H,5,14H2/t8-,9+,12-,13-;8-,9-,10-,11-/m00/s1. The summed E-state index contributed by atoms with van der Waals surface area (Å²) in [6.45, 7) is 2.17. The van der Waals surface area contributed by atoms with E-state index in [2.05, 4.69) is 6.92 Å². The summed E-state index contributed by atoms with van der Waals surface area (Å²) in [6.07, 6.45) is 3.28. The first-order chi connectivity index (χ1) is 17.4. The predicted molar refractivity (Wildman–Crippen MR) is 135 cm³/mol. The molecule has 0 aromatic heterocycles. The quantitative estimate of drug-likeness (QED) is 0.501. The number of fused-ring (bicyclic) bond motifs is 4. The third kappa shape index (κ3) is 3.10. The Labute approximate surface area is 213 Å².